The van der Waals surface area contributed by atoms with Crippen LogP contribution in [0.25, 0.3) is 0 Å². The van der Waals surface area contributed by atoms with E-state index in [0.717, 1.165) is 18.8 Å². The van der Waals surface area contributed by atoms with Crippen LogP contribution in [0.15, 0.2) is 5.38 Å². The number of nitrogens with two attached hydrogens (primary N) is 1. The standard InChI is InChI=1S/C10H16N2S/c1-7(11)2-5-9-6-13-10(12-9)8-3-4-8/h6-8H,2-5,11H2,1H3. The summed E-state index contributed by atoms with van der Waals surface area (Å²) in [7, 11) is 0. The Hall–Kier alpha value is -0.410. The van der Waals surface area contributed by atoms with Crippen molar-refractivity contribution in [3.63, 3.8) is 0 Å². The molecule has 1 aromatic heterocycles. The number of aromatic nitrogens is 1. The lowest BCUT2D eigenvalue weighted by Gasteiger charge is -2.00. The summed E-state index contributed by atoms with van der Waals surface area (Å²) in [5, 5.41) is 3.54. The van der Waals surface area contributed by atoms with Gasteiger partial charge in [-0.25, -0.2) is 4.98 Å². The van der Waals surface area contributed by atoms with Crippen LogP contribution in [0.1, 0.15) is 42.8 Å². The number of aryl methyl sites for hydroxylation is 1. The molecule has 13 heavy (non-hydrogen) atoms. The Labute approximate surface area is 83.2 Å². The van der Waals surface area contributed by atoms with Crippen molar-refractivity contribution in [1.29, 1.82) is 0 Å². The van der Waals surface area contributed by atoms with Gasteiger partial charge in [0.2, 0.25) is 0 Å². The van der Waals surface area contributed by atoms with Crippen molar-refractivity contribution in [3.8, 4) is 0 Å². The summed E-state index contributed by atoms with van der Waals surface area (Å²) in [6.45, 7) is 2.05. The summed E-state index contributed by atoms with van der Waals surface area (Å²) >= 11 is 1.82. The fourth-order valence-corrected chi connectivity index (χ4v) is 2.36. The molecule has 72 valence electrons. The molecule has 1 aromatic rings. The predicted octanol–water partition coefficient (Wildman–Crippen LogP) is 2.30. The van der Waals surface area contributed by atoms with E-state index >= 15 is 0 Å². The quantitative estimate of drug-likeness (QED) is 0.802. The second-order valence-corrected chi connectivity index (χ2v) is 4.86. The normalized spacial score (nSPS) is 18.9. The second kappa shape index (κ2) is 3.76. The first-order valence-electron chi connectivity index (χ1n) is 4.95. The lowest BCUT2D eigenvalue weighted by atomic mass is 10.2. The molecule has 1 fully saturated rings. The Balaban J connectivity index is 1.89. The van der Waals surface area contributed by atoms with Crippen LogP contribution in [0.3, 0.4) is 0 Å². The van der Waals surface area contributed by atoms with E-state index in [4.69, 9.17) is 5.73 Å². The van der Waals surface area contributed by atoms with Gasteiger partial charge in [-0.1, -0.05) is 0 Å². The highest BCUT2D eigenvalue weighted by atomic mass is 32.1. The van der Waals surface area contributed by atoms with Gasteiger partial charge in [0, 0.05) is 17.3 Å². The van der Waals surface area contributed by atoms with Crippen LogP contribution in [0, 0.1) is 0 Å². The Bertz CT molecular complexity index is 276. The minimum atomic E-state index is 0.297. The van der Waals surface area contributed by atoms with Crippen LogP contribution < -0.4 is 5.73 Å². The average Bonchev–Trinajstić information content (AvgIpc) is 2.83. The molecule has 1 atom stereocenters. The molecule has 3 heteroatoms. The summed E-state index contributed by atoms with van der Waals surface area (Å²) in [4.78, 5) is 4.61. The van der Waals surface area contributed by atoms with E-state index in [1.54, 1.807) is 0 Å². The van der Waals surface area contributed by atoms with Crippen LogP contribution in [0.5, 0.6) is 0 Å². The number of hydrogen-bond donors (Lipinski definition) is 1. The van der Waals surface area contributed by atoms with E-state index in [9.17, 15) is 0 Å². The zero-order valence-corrected chi connectivity index (χ0v) is 8.81. The van der Waals surface area contributed by atoms with Crippen LogP contribution >= 0.6 is 11.3 Å². The van der Waals surface area contributed by atoms with Crippen LogP contribution in [-0.4, -0.2) is 11.0 Å². The molecule has 0 aromatic carbocycles. The van der Waals surface area contributed by atoms with Gasteiger partial charge in [-0.15, -0.1) is 11.3 Å². The highest BCUT2D eigenvalue weighted by molar-refractivity contribution is 7.09. The van der Waals surface area contributed by atoms with Crippen LogP contribution in [0.4, 0.5) is 0 Å². The third-order valence-corrected chi connectivity index (χ3v) is 3.41. The fourth-order valence-electron chi connectivity index (χ4n) is 1.33. The lowest BCUT2D eigenvalue weighted by molar-refractivity contribution is 0.659. The van der Waals surface area contributed by atoms with Gasteiger partial charge in [0.15, 0.2) is 0 Å². The maximum Gasteiger partial charge on any atom is 0.0959 e. The van der Waals surface area contributed by atoms with Gasteiger partial charge in [0.25, 0.3) is 0 Å². The zero-order chi connectivity index (χ0) is 9.26. The first-order valence-corrected chi connectivity index (χ1v) is 5.83. The first kappa shape index (κ1) is 9.16. The van der Waals surface area contributed by atoms with Gasteiger partial charge in [-0.3, -0.25) is 0 Å². The summed E-state index contributed by atoms with van der Waals surface area (Å²) in [6.07, 6.45) is 4.79. The molecule has 1 aliphatic rings. The van der Waals surface area contributed by atoms with Crippen molar-refractivity contribution in [2.45, 2.75) is 44.6 Å². The van der Waals surface area contributed by atoms with Gasteiger partial charge in [-0.2, -0.15) is 0 Å². The number of rotatable bonds is 4. The van der Waals surface area contributed by atoms with Crippen molar-refractivity contribution in [2.24, 2.45) is 5.73 Å². The smallest absolute Gasteiger partial charge is 0.0959 e. The molecule has 1 heterocycles. The predicted molar refractivity (Wildman–Crippen MR) is 56.1 cm³/mol. The van der Waals surface area contributed by atoms with Crippen molar-refractivity contribution in [1.82, 2.24) is 4.98 Å². The fraction of sp³-hybridized carbons (Fsp3) is 0.700. The molecule has 1 saturated carbocycles. The Morgan fingerprint density at radius 1 is 1.69 bits per heavy atom. The third-order valence-electron chi connectivity index (χ3n) is 2.35. The summed E-state index contributed by atoms with van der Waals surface area (Å²) < 4.78 is 0. The minimum absolute atomic E-state index is 0.297. The van der Waals surface area contributed by atoms with Gasteiger partial charge in [0.1, 0.15) is 0 Å². The third kappa shape index (κ3) is 2.51. The van der Waals surface area contributed by atoms with Crippen molar-refractivity contribution in [2.75, 3.05) is 0 Å². The van der Waals surface area contributed by atoms with E-state index < -0.39 is 0 Å². The molecular formula is C10H16N2S. The Kier molecular flexibility index (Phi) is 2.65. The summed E-state index contributed by atoms with van der Waals surface area (Å²) in [6, 6.07) is 0.297. The molecular weight excluding hydrogens is 180 g/mol. The molecule has 0 amide bonds. The zero-order valence-electron chi connectivity index (χ0n) is 7.99. The van der Waals surface area contributed by atoms with Gasteiger partial charge in [0.05, 0.1) is 10.7 Å². The minimum Gasteiger partial charge on any atom is -0.328 e. The molecule has 0 radical (unpaired) electrons. The van der Waals surface area contributed by atoms with Gasteiger partial charge >= 0.3 is 0 Å². The number of thiazole rings is 1. The van der Waals surface area contributed by atoms with E-state index in [-0.39, 0.29) is 0 Å². The SMILES string of the molecule is CC(N)CCc1csc(C2CC2)n1. The molecule has 1 aliphatic carbocycles. The topological polar surface area (TPSA) is 38.9 Å². The van der Waals surface area contributed by atoms with E-state index in [1.807, 2.05) is 18.3 Å². The lowest BCUT2D eigenvalue weighted by Crippen LogP contribution is -2.15. The molecule has 0 saturated heterocycles. The van der Waals surface area contributed by atoms with Crippen LogP contribution in [-0.2, 0) is 6.42 Å². The highest BCUT2D eigenvalue weighted by Crippen LogP contribution is 2.41. The van der Waals surface area contributed by atoms with E-state index in [2.05, 4.69) is 10.4 Å². The molecule has 0 aliphatic heterocycles. The van der Waals surface area contributed by atoms with Gasteiger partial charge < -0.3 is 5.73 Å². The first-order chi connectivity index (χ1) is 6.25. The van der Waals surface area contributed by atoms with Crippen molar-refractivity contribution < 1.29 is 0 Å². The average molecular weight is 196 g/mol. The van der Waals surface area contributed by atoms with E-state index in [0.29, 0.717) is 6.04 Å². The molecule has 0 bridgehead atoms. The highest BCUT2D eigenvalue weighted by Gasteiger charge is 2.26. The molecule has 0 spiro atoms. The maximum atomic E-state index is 5.69. The summed E-state index contributed by atoms with van der Waals surface area (Å²) in [5.41, 5.74) is 6.93. The molecule has 1 unspecified atom stereocenters. The maximum absolute atomic E-state index is 5.69. The van der Waals surface area contributed by atoms with Crippen LogP contribution in [0.2, 0.25) is 0 Å². The Morgan fingerprint density at radius 2 is 2.46 bits per heavy atom. The van der Waals surface area contributed by atoms with Gasteiger partial charge in [-0.05, 0) is 32.6 Å². The second-order valence-electron chi connectivity index (χ2n) is 3.97. The monoisotopic (exact) mass is 196 g/mol. The molecule has 2 rings (SSSR count). The largest absolute Gasteiger partial charge is 0.328 e. The number of nitrogens with zero attached hydrogens (tertiary/aromatic N) is 1. The van der Waals surface area contributed by atoms with Crippen molar-refractivity contribution in [3.05, 3.63) is 16.1 Å². The molecule has 2 N–H and O–H groups in total. The Morgan fingerprint density at radius 3 is 3.08 bits per heavy atom. The molecule has 2 nitrogen and oxygen atoms in total. The summed E-state index contributed by atoms with van der Waals surface area (Å²) in [5.74, 6) is 0.800. The van der Waals surface area contributed by atoms with E-state index in [1.165, 1.54) is 23.5 Å². The van der Waals surface area contributed by atoms with Crippen molar-refractivity contribution >= 4 is 11.3 Å². The number of hydrogen-bond acceptors (Lipinski definition) is 3.